The van der Waals surface area contributed by atoms with Crippen molar-refractivity contribution in [1.29, 1.82) is 0 Å². The fraction of sp³-hybridized carbons (Fsp3) is 0.190. The van der Waals surface area contributed by atoms with Gasteiger partial charge in [-0.25, -0.2) is 0 Å². The first-order valence-electron chi connectivity index (χ1n) is 8.83. The summed E-state index contributed by atoms with van der Waals surface area (Å²) in [7, 11) is 0. The van der Waals surface area contributed by atoms with Gasteiger partial charge in [-0.05, 0) is 43.2 Å². The van der Waals surface area contributed by atoms with E-state index in [9.17, 15) is 14.4 Å². The highest BCUT2D eigenvalue weighted by Gasteiger charge is 2.31. The molecule has 144 valence electrons. The molecule has 2 aromatic rings. The lowest BCUT2D eigenvalue weighted by atomic mass is 10.1. The third-order valence-electron chi connectivity index (χ3n) is 4.42. The molecule has 0 atom stereocenters. The molecule has 0 radical (unpaired) electrons. The molecule has 0 saturated carbocycles. The molecule has 7 nitrogen and oxygen atoms in total. The monoisotopic (exact) mass is 379 g/mol. The standard InChI is InChI=1S/C21H21N3O4/c1-13-7-8-14(2)17(11-13)23-20(27)15-5-3-4-6-16(15)22-18-12-19(26)24(9-10-25)21(18)28/h3-8,11-12,22,25H,9-10H2,1-2H3,(H,23,27). The molecule has 1 aliphatic rings. The minimum Gasteiger partial charge on any atom is -0.395 e. The molecule has 0 aromatic heterocycles. The van der Waals surface area contributed by atoms with Crippen molar-refractivity contribution in [2.24, 2.45) is 0 Å². The van der Waals surface area contributed by atoms with Crippen LogP contribution in [0.25, 0.3) is 0 Å². The van der Waals surface area contributed by atoms with Crippen molar-refractivity contribution in [3.8, 4) is 0 Å². The number of carbonyl (C=O) groups excluding carboxylic acids is 3. The van der Waals surface area contributed by atoms with Gasteiger partial charge < -0.3 is 15.7 Å². The lowest BCUT2D eigenvalue weighted by Gasteiger charge is -2.15. The second-order valence-corrected chi connectivity index (χ2v) is 6.52. The van der Waals surface area contributed by atoms with Gasteiger partial charge in [0.1, 0.15) is 5.70 Å². The van der Waals surface area contributed by atoms with Gasteiger partial charge in [0.2, 0.25) is 0 Å². The van der Waals surface area contributed by atoms with Crippen LogP contribution in [0.2, 0.25) is 0 Å². The maximum absolute atomic E-state index is 12.8. The predicted molar refractivity (Wildman–Crippen MR) is 106 cm³/mol. The first-order chi connectivity index (χ1) is 13.4. The number of rotatable bonds is 6. The maximum Gasteiger partial charge on any atom is 0.277 e. The van der Waals surface area contributed by atoms with Crippen LogP contribution in [-0.2, 0) is 9.59 Å². The zero-order valence-corrected chi connectivity index (χ0v) is 15.7. The minimum atomic E-state index is -0.538. The zero-order valence-electron chi connectivity index (χ0n) is 15.7. The van der Waals surface area contributed by atoms with Crippen LogP contribution in [0.5, 0.6) is 0 Å². The lowest BCUT2D eigenvalue weighted by molar-refractivity contribution is -0.137. The molecular weight excluding hydrogens is 358 g/mol. The average Bonchev–Trinajstić information content (AvgIpc) is 2.93. The van der Waals surface area contributed by atoms with Crippen molar-refractivity contribution < 1.29 is 19.5 Å². The molecule has 1 heterocycles. The molecule has 3 N–H and O–H groups in total. The van der Waals surface area contributed by atoms with Crippen LogP contribution < -0.4 is 10.6 Å². The van der Waals surface area contributed by atoms with E-state index in [4.69, 9.17) is 5.11 Å². The third kappa shape index (κ3) is 3.94. The largest absolute Gasteiger partial charge is 0.395 e. The van der Waals surface area contributed by atoms with Gasteiger partial charge in [0.15, 0.2) is 0 Å². The highest BCUT2D eigenvalue weighted by atomic mass is 16.3. The summed E-state index contributed by atoms with van der Waals surface area (Å²) in [6, 6.07) is 12.5. The van der Waals surface area contributed by atoms with Crippen molar-refractivity contribution in [1.82, 2.24) is 4.90 Å². The Hall–Kier alpha value is -3.45. The smallest absolute Gasteiger partial charge is 0.277 e. The highest BCUT2D eigenvalue weighted by molar-refractivity contribution is 6.18. The first kappa shape index (κ1) is 19.3. The van der Waals surface area contributed by atoms with Crippen molar-refractivity contribution in [2.45, 2.75) is 13.8 Å². The van der Waals surface area contributed by atoms with Gasteiger partial charge in [0.05, 0.1) is 24.4 Å². The molecule has 0 aliphatic carbocycles. The molecule has 0 unspecified atom stereocenters. The molecule has 7 heteroatoms. The summed E-state index contributed by atoms with van der Waals surface area (Å²) >= 11 is 0. The number of amides is 3. The van der Waals surface area contributed by atoms with Gasteiger partial charge in [-0.2, -0.15) is 0 Å². The van der Waals surface area contributed by atoms with Crippen LogP contribution in [0, 0.1) is 13.8 Å². The van der Waals surface area contributed by atoms with Gasteiger partial charge in [0, 0.05) is 11.8 Å². The first-order valence-corrected chi connectivity index (χ1v) is 8.83. The van der Waals surface area contributed by atoms with Gasteiger partial charge >= 0.3 is 0 Å². The van der Waals surface area contributed by atoms with Crippen LogP contribution in [0.15, 0.2) is 54.2 Å². The van der Waals surface area contributed by atoms with Crippen LogP contribution in [0.4, 0.5) is 11.4 Å². The fourth-order valence-electron chi connectivity index (χ4n) is 2.91. The highest BCUT2D eigenvalue weighted by Crippen LogP contribution is 2.23. The van der Waals surface area contributed by atoms with Gasteiger partial charge in [0.25, 0.3) is 17.7 Å². The molecule has 2 aromatic carbocycles. The number of imide groups is 1. The van der Waals surface area contributed by atoms with Gasteiger partial charge in [-0.15, -0.1) is 0 Å². The number of aryl methyl sites for hydroxylation is 2. The van der Waals surface area contributed by atoms with E-state index in [1.807, 2.05) is 32.0 Å². The normalized spacial score (nSPS) is 13.5. The summed E-state index contributed by atoms with van der Waals surface area (Å²) in [4.78, 5) is 38.0. The number of aliphatic hydroxyl groups excluding tert-OH is 1. The van der Waals surface area contributed by atoms with E-state index >= 15 is 0 Å². The zero-order chi connectivity index (χ0) is 20.3. The number of para-hydroxylation sites is 1. The number of hydrogen-bond donors (Lipinski definition) is 3. The SMILES string of the molecule is Cc1ccc(C)c(NC(=O)c2ccccc2NC2=CC(=O)N(CCO)C2=O)c1. The van der Waals surface area contributed by atoms with Gasteiger partial charge in [-0.1, -0.05) is 24.3 Å². The van der Waals surface area contributed by atoms with E-state index in [0.717, 1.165) is 22.1 Å². The van der Waals surface area contributed by atoms with Crippen molar-refractivity contribution in [3.63, 3.8) is 0 Å². The van der Waals surface area contributed by atoms with E-state index in [1.165, 1.54) is 0 Å². The summed E-state index contributed by atoms with van der Waals surface area (Å²) in [5.74, 6) is -1.37. The van der Waals surface area contributed by atoms with E-state index in [2.05, 4.69) is 10.6 Å². The Morgan fingerprint density at radius 1 is 1.07 bits per heavy atom. The molecule has 3 rings (SSSR count). The Bertz CT molecular complexity index is 981. The third-order valence-corrected chi connectivity index (χ3v) is 4.42. The van der Waals surface area contributed by atoms with E-state index in [1.54, 1.807) is 24.3 Å². The number of aliphatic hydroxyl groups is 1. The molecule has 0 spiro atoms. The second-order valence-electron chi connectivity index (χ2n) is 6.52. The Morgan fingerprint density at radius 2 is 1.82 bits per heavy atom. The van der Waals surface area contributed by atoms with E-state index in [-0.39, 0.29) is 24.8 Å². The molecular formula is C21H21N3O4. The Morgan fingerprint density at radius 3 is 2.57 bits per heavy atom. The molecule has 0 saturated heterocycles. The number of carbonyl (C=O) groups is 3. The number of nitrogens with one attached hydrogen (secondary N) is 2. The van der Waals surface area contributed by atoms with Crippen LogP contribution >= 0.6 is 0 Å². The minimum absolute atomic E-state index is 0.0606. The lowest BCUT2D eigenvalue weighted by Crippen LogP contribution is -2.34. The predicted octanol–water partition coefficient (Wildman–Crippen LogP) is 2.21. The Labute approximate surface area is 162 Å². The van der Waals surface area contributed by atoms with Crippen molar-refractivity contribution >= 4 is 29.1 Å². The summed E-state index contributed by atoms with van der Waals surface area (Å²) in [6.07, 6.45) is 1.16. The average molecular weight is 379 g/mol. The Kier molecular flexibility index (Phi) is 5.56. The Balaban J connectivity index is 1.83. The van der Waals surface area contributed by atoms with Crippen molar-refractivity contribution in [3.05, 3.63) is 70.9 Å². The van der Waals surface area contributed by atoms with E-state index in [0.29, 0.717) is 16.9 Å². The topological polar surface area (TPSA) is 98.7 Å². The van der Waals surface area contributed by atoms with Crippen LogP contribution in [-0.4, -0.2) is 40.9 Å². The number of benzene rings is 2. The summed E-state index contributed by atoms with van der Waals surface area (Å²) < 4.78 is 0. The number of nitrogens with zero attached hydrogens (tertiary/aromatic N) is 1. The quantitative estimate of drug-likeness (QED) is 0.669. The molecule has 3 amide bonds. The summed E-state index contributed by atoms with van der Waals surface area (Å²) in [6.45, 7) is 3.46. The van der Waals surface area contributed by atoms with Crippen LogP contribution in [0.3, 0.4) is 0 Å². The summed E-state index contributed by atoms with van der Waals surface area (Å²) in [5.41, 5.74) is 3.47. The number of β-amino-alcohol motifs (C(OH)–C–C–N with tert-alkyl or cyclic N) is 1. The second kappa shape index (κ2) is 8.06. The van der Waals surface area contributed by atoms with Crippen molar-refractivity contribution in [2.75, 3.05) is 23.8 Å². The van der Waals surface area contributed by atoms with Crippen LogP contribution in [0.1, 0.15) is 21.5 Å². The maximum atomic E-state index is 12.8. The molecule has 1 aliphatic heterocycles. The van der Waals surface area contributed by atoms with E-state index < -0.39 is 11.8 Å². The summed E-state index contributed by atoms with van der Waals surface area (Å²) in [5, 5.41) is 14.8. The van der Waals surface area contributed by atoms with Gasteiger partial charge in [-0.3, -0.25) is 19.3 Å². The molecule has 0 bridgehead atoms. The number of anilines is 2. The number of hydrogen-bond acceptors (Lipinski definition) is 5. The molecule has 0 fully saturated rings. The molecule has 28 heavy (non-hydrogen) atoms. The fourth-order valence-corrected chi connectivity index (χ4v) is 2.91.